The van der Waals surface area contributed by atoms with Gasteiger partial charge in [-0.1, -0.05) is 45.1 Å². The third-order valence-electron chi connectivity index (χ3n) is 2.66. The van der Waals surface area contributed by atoms with Crippen molar-refractivity contribution in [1.29, 1.82) is 0 Å². The molecule has 2 heteroatoms. The van der Waals surface area contributed by atoms with Crippen LogP contribution in [-0.4, -0.2) is 11.2 Å². The summed E-state index contributed by atoms with van der Waals surface area (Å²) in [5.41, 5.74) is 0. The third kappa shape index (κ3) is 5.95. The highest BCUT2D eigenvalue weighted by Gasteiger charge is 2.05. The molecule has 1 atom stereocenters. The zero-order chi connectivity index (χ0) is 10.9. The minimum absolute atomic E-state index is 0.134. The highest BCUT2D eigenvalue weighted by molar-refractivity contribution is 7.09. The maximum absolute atomic E-state index is 9.78. The molecule has 1 heterocycles. The van der Waals surface area contributed by atoms with Crippen molar-refractivity contribution in [3.63, 3.8) is 0 Å². The third-order valence-corrected chi connectivity index (χ3v) is 3.56. The quantitative estimate of drug-likeness (QED) is 0.664. The Hall–Kier alpha value is -0.340. The molecule has 0 fully saturated rings. The molecule has 15 heavy (non-hydrogen) atoms. The molecule has 1 aromatic heterocycles. The molecule has 0 spiro atoms. The van der Waals surface area contributed by atoms with E-state index >= 15 is 0 Å². The number of aliphatic hydroxyl groups is 1. The van der Waals surface area contributed by atoms with E-state index in [1.54, 1.807) is 11.3 Å². The highest BCUT2D eigenvalue weighted by atomic mass is 32.1. The molecule has 0 aromatic carbocycles. The van der Waals surface area contributed by atoms with Crippen LogP contribution in [0.15, 0.2) is 17.5 Å². The SMILES string of the molecule is CCCCCCCC(O)Cc1cccs1. The standard InChI is InChI=1S/C13H22OS/c1-2-3-4-5-6-8-12(14)11-13-9-7-10-15-13/h7,9-10,12,14H,2-6,8,11H2,1H3. The second-order valence-electron chi connectivity index (χ2n) is 4.14. The zero-order valence-corrected chi connectivity index (χ0v) is 10.4. The summed E-state index contributed by atoms with van der Waals surface area (Å²) in [6, 6.07) is 4.15. The first-order valence-corrected chi connectivity index (χ1v) is 6.91. The molecule has 1 unspecified atom stereocenters. The summed E-state index contributed by atoms with van der Waals surface area (Å²) < 4.78 is 0. The van der Waals surface area contributed by atoms with Crippen molar-refractivity contribution in [2.24, 2.45) is 0 Å². The molecule has 0 bridgehead atoms. The molecule has 0 aliphatic heterocycles. The molecule has 0 amide bonds. The highest BCUT2D eigenvalue weighted by Crippen LogP contribution is 2.14. The Kier molecular flexibility index (Phi) is 6.69. The number of rotatable bonds is 8. The number of thiophene rings is 1. The van der Waals surface area contributed by atoms with Crippen molar-refractivity contribution >= 4 is 11.3 Å². The van der Waals surface area contributed by atoms with Crippen LogP contribution in [0.5, 0.6) is 0 Å². The average Bonchev–Trinajstić information content (AvgIpc) is 2.70. The van der Waals surface area contributed by atoms with E-state index < -0.39 is 0 Å². The van der Waals surface area contributed by atoms with Gasteiger partial charge in [-0.25, -0.2) is 0 Å². The largest absolute Gasteiger partial charge is 0.393 e. The normalized spacial score (nSPS) is 12.9. The van der Waals surface area contributed by atoms with E-state index in [-0.39, 0.29) is 6.10 Å². The van der Waals surface area contributed by atoms with Crippen molar-refractivity contribution in [2.45, 2.75) is 58.0 Å². The molecular formula is C13H22OS. The van der Waals surface area contributed by atoms with E-state index in [2.05, 4.69) is 18.4 Å². The second kappa shape index (κ2) is 7.89. The van der Waals surface area contributed by atoms with Crippen LogP contribution in [0, 0.1) is 0 Å². The van der Waals surface area contributed by atoms with Gasteiger partial charge < -0.3 is 5.11 Å². The van der Waals surface area contributed by atoms with Crippen LogP contribution in [-0.2, 0) is 6.42 Å². The summed E-state index contributed by atoms with van der Waals surface area (Å²) >= 11 is 1.74. The summed E-state index contributed by atoms with van der Waals surface area (Å²) in [4.78, 5) is 1.30. The van der Waals surface area contributed by atoms with Crippen molar-refractivity contribution < 1.29 is 5.11 Å². The van der Waals surface area contributed by atoms with E-state index in [1.807, 2.05) is 6.07 Å². The first kappa shape index (κ1) is 12.7. The van der Waals surface area contributed by atoms with Crippen LogP contribution in [0.3, 0.4) is 0 Å². The first-order valence-electron chi connectivity index (χ1n) is 6.03. The predicted octanol–water partition coefficient (Wildman–Crippen LogP) is 4.01. The van der Waals surface area contributed by atoms with E-state index in [0.29, 0.717) is 0 Å². The average molecular weight is 226 g/mol. The molecule has 1 rings (SSSR count). The summed E-state index contributed by atoms with van der Waals surface area (Å²) in [6.07, 6.45) is 8.06. The molecule has 1 aromatic rings. The lowest BCUT2D eigenvalue weighted by Gasteiger charge is -2.08. The van der Waals surface area contributed by atoms with Crippen LogP contribution in [0.2, 0.25) is 0 Å². The van der Waals surface area contributed by atoms with Gasteiger partial charge in [0.25, 0.3) is 0 Å². The zero-order valence-electron chi connectivity index (χ0n) is 9.61. The van der Waals surface area contributed by atoms with Gasteiger partial charge in [0.2, 0.25) is 0 Å². The minimum atomic E-state index is -0.134. The van der Waals surface area contributed by atoms with Gasteiger partial charge in [0.05, 0.1) is 6.10 Å². The van der Waals surface area contributed by atoms with Crippen LogP contribution in [0.1, 0.15) is 50.3 Å². The fourth-order valence-corrected chi connectivity index (χ4v) is 2.52. The van der Waals surface area contributed by atoms with Crippen LogP contribution in [0.25, 0.3) is 0 Å². The van der Waals surface area contributed by atoms with Gasteiger partial charge in [-0.15, -0.1) is 11.3 Å². The molecule has 0 saturated carbocycles. The Morgan fingerprint density at radius 3 is 2.73 bits per heavy atom. The van der Waals surface area contributed by atoms with E-state index in [1.165, 1.54) is 37.0 Å². The summed E-state index contributed by atoms with van der Waals surface area (Å²) in [7, 11) is 0. The van der Waals surface area contributed by atoms with Gasteiger partial charge in [0.15, 0.2) is 0 Å². The fourth-order valence-electron chi connectivity index (χ4n) is 1.75. The topological polar surface area (TPSA) is 20.2 Å². The van der Waals surface area contributed by atoms with E-state index in [9.17, 15) is 5.11 Å². The number of aliphatic hydroxyl groups excluding tert-OH is 1. The Morgan fingerprint density at radius 1 is 1.27 bits per heavy atom. The second-order valence-corrected chi connectivity index (χ2v) is 5.17. The van der Waals surface area contributed by atoms with Crippen molar-refractivity contribution in [3.05, 3.63) is 22.4 Å². The Labute approximate surface area is 97.2 Å². The number of hydrogen-bond acceptors (Lipinski definition) is 2. The van der Waals surface area contributed by atoms with Gasteiger partial charge in [-0.05, 0) is 17.9 Å². The van der Waals surface area contributed by atoms with Gasteiger partial charge >= 0.3 is 0 Å². The molecule has 86 valence electrons. The lowest BCUT2D eigenvalue weighted by atomic mass is 10.1. The molecule has 0 radical (unpaired) electrons. The monoisotopic (exact) mass is 226 g/mol. The van der Waals surface area contributed by atoms with E-state index in [4.69, 9.17) is 0 Å². The van der Waals surface area contributed by atoms with Crippen LogP contribution < -0.4 is 0 Å². The Morgan fingerprint density at radius 2 is 2.07 bits per heavy atom. The van der Waals surface area contributed by atoms with Crippen molar-refractivity contribution in [2.75, 3.05) is 0 Å². The molecular weight excluding hydrogens is 204 g/mol. The maximum atomic E-state index is 9.78. The Balaban J connectivity index is 2.01. The summed E-state index contributed by atoms with van der Waals surface area (Å²) in [5, 5.41) is 11.9. The lowest BCUT2D eigenvalue weighted by Crippen LogP contribution is -2.09. The van der Waals surface area contributed by atoms with E-state index in [0.717, 1.165) is 12.8 Å². The number of unbranched alkanes of at least 4 members (excludes halogenated alkanes) is 4. The first-order chi connectivity index (χ1) is 7.33. The van der Waals surface area contributed by atoms with Crippen molar-refractivity contribution in [3.8, 4) is 0 Å². The summed E-state index contributed by atoms with van der Waals surface area (Å²) in [6.45, 7) is 2.23. The van der Waals surface area contributed by atoms with Gasteiger partial charge in [-0.3, -0.25) is 0 Å². The lowest BCUT2D eigenvalue weighted by molar-refractivity contribution is 0.162. The molecule has 1 N–H and O–H groups in total. The molecule has 0 aliphatic carbocycles. The van der Waals surface area contributed by atoms with Crippen molar-refractivity contribution in [1.82, 2.24) is 0 Å². The van der Waals surface area contributed by atoms with Gasteiger partial charge in [0.1, 0.15) is 0 Å². The smallest absolute Gasteiger partial charge is 0.0588 e. The predicted molar refractivity (Wildman–Crippen MR) is 67.4 cm³/mol. The maximum Gasteiger partial charge on any atom is 0.0588 e. The van der Waals surface area contributed by atoms with Gasteiger partial charge in [0, 0.05) is 11.3 Å². The van der Waals surface area contributed by atoms with Gasteiger partial charge in [-0.2, -0.15) is 0 Å². The summed E-state index contributed by atoms with van der Waals surface area (Å²) in [5.74, 6) is 0. The molecule has 1 nitrogen and oxygen atoms in total. The van der Waals surface area contributed by atoms with Crippen LogP contribution in [0.4, 0.5) is 0 Å². The fraction of sp³-hybridized carbons (Fsp3) is 0.692. The van der Waals surface area contributed by atoms with Crippen LogP contribution >= 0.6 is 11.3 Å². The Bertz CT molecular complexity index is 231. The minimum Gasteiger partial charge on any atom is -0.393 e. The number of hydrogen-bond donors (Lipinski definition) is 1. The molecule has 0 saturated heterocycles. The molecule has 0 aliphatic rings.